The van der Waals surface area contributed by atoms with E-state index in [0.29, 0.717) is 41.3 Å². The predicted octanol–water partition coefficient (Wildman–Crippen LogP) is 7.97. The summed E-state index contributed by atoms with van der Waals surface area (Å²) in [6.45, 7) is 9.16. The lowest BCUT2D eigenvalue weighted by Crippen LogP contribution is -2.28. The summed E-state index contributed by atoms with van der Waals surface area (Å²) in [6.07, 6.45) is 0. The number of ketones is 2. The van der Waals surface area contributed by atoms with Gasteiger partial charge in [0.05, 0.1) is 16.1 Å². The van der Waals surface area contributed by atoms with E-state index < -0.39 is 10.5 Å². The molecule has 13 heteroatoms. The average molecular weight is 726 g/mol. The molecule has 0 unspecified atom stereocenters. The van der Waals surface area contributed by atoms with Crippen molar-refractivity contribution in [2.75, 3.05) is 10.6 Å². The molecule has 2 N–H and O–H groups in total. The number of hydrogen-bond acceptors (Lipinski definition) is 10. The molecular formula is C41H39N7O6. The second-order valence-electron chi connectivity index (χ2n) is 12.2. The molecule has 0 aliphatic rings. The van der Waals surface area contributed by atoms with Crippen molar-refractivity contribution in [3.8, 4) is 22.5 Å². The molecule has 2 aromatic heterocycles. The maximum absolute atomic E-state index is 12.9. The van der Waals surface area contributed by atoms with Crippen LogP contribution in [0.1, 0.15) is 54.0 Å². The van der Waals surface area contributed by atoms with E-state index in [4.69, 9.17) is 0 Å². The van der Waals surface area contributed by atoms with Gasteiger partial charge in [0.15, 0.2) is 11.6 Å². The van der Waals surface area contributed by atoms with Crippen LogP contribution < -0.4 is 21.8 Å². The predicted molar refractivity (Wildman–Crippen MR) is 210 cm³/mol. The number of aromatic nitrogens is 4. The summed E-state index contributed by atoms with van der Waals surface area (Å²) in [7, 11) is 0. The Morgan fingerprint density at radius 1 is 0.648 bits per heavy atom. The van der Waals surface area contributed by atoms with E-state index in [-0.39, 0.29) is 39.8 Å². The highest BCUT2D eigenvalue weighted by atomic mass is 16.6. The number of carbonyl (C=O) groups excluding carboxylic acids is 2. The third-order valence-corrected chi connectivity index (χ3v) is 8.36. The van der Waals surface area contributed by atoms with Gasteiger partial charge < -0.3 is 10.6 Å². The first-order valence-electron chi connectivity index (χ1n) is 17.2. The Morgan fingerprint density at radius 2 is 1.09 bits per heavy atom. The van der Waals surface area contributed by atoms with Crippen molar-refractivity contribution < 1.29 is 14.5 Å². The van der Waals surface area contributed by atoms with Gasteiger partial charge >= 0.3 is 0 Å². The van der Waals surface area contributed by atoms with Gasteiger partial charge in [-0.2, -0.15) is 10.2 Å². The van der Waals surface area contributed by atoms with Crippen LogP contribution in [0.25, 0.3) is 22.5 Å². The highest BCUT2D eigenvalue weighted by Crippen LogP contribution is 2.30. The maximum atomic E-state index is 12.9. The first-order chi connectivity index (χ1) is 25.9. The summed E-state index contributed by atoms with van der Waals surface area (Å²) in [5.41, 5.74) is 4.44. The van der Waals surface area contributed by atoms with Crippen LogP contribution in [0.3, 0.4) is 0 Å². The molecule has 0 bridgehead atoms. The van der Waals surface area contributed by atoms with Crippen LogP contribution in [0, 0.1) is 17.0 Å². The fourth-order valence-electron chi connectivity index (χ4n) is 5.71. The highest BCUT2D eigenvalue weighted by molar-refractivity contribution is 6.06. The maximum Gasteiger partial charge on any atom is 0.291 e. The average Bonchev–Trinajstić information content (AvgIpc) is 3.17. The first-order valence-corrected chi connectivity index (χ1v) is 17.2. The van der Waals surface area contributed by atoms with Crippen molar-refractivity contribution in [1.29, 1.82) is 0 Å². The third kappa shape index (κ3) is 8.53. The minimum atomic E-state index is -0.524. The molecule has 0 aliphatic carbocycles. The Balaban J connectivity index is 0.000000208. The second kappa shape index (κ2) is 17.0. The van der Waals surface area contributed by atoms with Crippen molar-refractivity contribution in [3.05, 3.63) is 157 Å². The summed E-state index contributed by atoms with van der Waals surface area (Å²) in [5.74, 6) is -0.536. The standard InChI is InChI=1S/C21H21N3O2.C20H18N4O4/c1-4-24-21(26)20(22-17-12-10-14(2)11-13-17)18(15(3)25)19(23-24)16-8-6-5-7-9-16;1-3-23-20(26)19(21-15-10-7-11-16(12-15)24(27)28)17(13(2)25)18(22-23)14-8-5-4-6-9-14/h5-13,22H,4H2,1-3H3;4-12,21H,3H2,1-2H3. The molecule has 0 spiro atoms. The molecule has 6 aromatic rings. The molecule has 6 rings (SSSR count). The quantitative estimate of drug-likeness (QED) is 0.0758. The monoisotopic (exact) mass is 725 g/mol. The van der Waals surface area contributed by atoms with Crippen LogP contribution in [0.4, 0.5) is 28.4 Å². The van der Waals surface area contributed by atoms with Crippen LogP contribution in [0.5, 0.6) is 0 Å². The van der Waals surface area contributed by atoms with Crippen molar-refractivity contribution in [3.63, 3.8) is 0 Å². The highest BCUT2D eigenvalue weighted by Gasteiger charge is 2.23. The van der Waals surface area contributed by atoms with E-state index in [9.17, 15) is 29.3 Å². The fourth-order valence-corrected chi connectivity index (χ4v) is 5.71. The molecule has 54 heavy (non-hydrogen) atoms. The molecule has 274 valence electrons. The van der Waals surface area contributed by atoms with Gasteiger partial charge in [0.1, 0.15) is 22.8 Å². The minimum absolute atomic E-state index is 0.0451. The molecule has 0 radical (unpaired) electrons. The number of rotatable bonds is 11. The van der Waals surface area contributed by atoms with Gasteiger partial charge in [0.2, 0.25) is 0 Å². The number of nitrogens with zero attached hydrogens (tertiary/aromatic N) is 5. The lowest BCUT2D eigenvalue weighted by molar-refractivity contribution is -0.384. The first kappa shape index (κ1) is 38.2. The Morgan fingerprint density at radius 3 is 1.50 bits per heavy atom. The molecule has 4 aromatic carbocycles. The fraction of sp³-hybridized carbons (Fsp3) is 0.171. The zero-order chi connectivity index (χ0) is 38.9. The molecule has 0 saturated carbocycles. The van der Waals surface area contributed by atoms with E-state index in [1.54, 1.807) is 25.1 Å². The smallest absolute Gasteiger partial charge is 0.291 e. The van der Waals surface area contributed by atoms with Gasteiger partial charge in [-0.15, -0.1) is 0 Å². The second-order valence-corrected chi connectivity index (χ2v) is 12.2. The van der Waals surface area contributed by atoms with Crippen LogP contribution >= 0.6 is 0 Å². The Hall–Kier alpha value is -7.02. The molecule has 0 atom stereocenters. The SMILES string of the molecule is CCn1nc(-c2ccccc2)c(C(C)=O)c(Nc2ccc(C)cc2)c1=O.CCn1nc(-c2ccccc2)c(C(C)=O)c(Nc2cccc([N+](=O)[O-])c2)c1=O. The van der Waals surface area contributed by atoms with E-state index in [2.05, 4.69) is 20.8 Å². The number of benzene rings is 4. The normalized spacial score (nSPS) is 10.5. The Bertz CT molecular complexity index is 2440. The van der Waals surface area contributed by atoms with E-state index in [0.717, 1.165) is 16.8 Å². The van der Waals surface area contributed by atoms with Gasteiger partial charge in [-0.25, -0.2) is 9.36 Å². The lowest BCUT2D eigenvalue weighted by atomic mass is 10.0. The zero-order valence-corrected chi connectivity index (χ0v) is 30.5. The van der Waals surface area contributed by atoms with E-state index >= 15 is 0 Å². The number of nitrogens with one attached hydrogen (secondary N) is 2. The summed E-state index contributed by atoms with van der Waals surface area (Å²) in [4.78, 5) is 61.1. The van der Waals surface area contributed by atoms with Crippen molar-refractivity contribution in [2.24, 2.45) is 0 Å². The topological polar surface area (TPSA) is 171 Å². The van der Waals surface area contributed by atoms with Crippen molar-refractivity contribution in [1.82, 2.24) is 19.6 Å². The number of Topliss-reactive ketones (excluding diaryl/α,β-unsaturated/α-hetero) is 2. The summed E-state index contributed by atoms with van der Waals surface area (Å²) in [6, 6.07) is 31.9. The summed E-state index contributed by atoms with van der Waals surface area (Å²) in [5, 5.41) is 25.9. The molecular weight excluding hydrogens is 686 g/mol. The largest absolute Gasteiger partial charge is 0.350 e. The number of anilines is 4. The Labute approximate surface area is 311 Å². The summed E-state index contributed by atoms with van der Waals surface area (Å²) < 4.78 is 2.64. The summed E-state index contributed by atoms with van der Waals surface area (Å²) >= 11 is 0. The van der Waals surface area contributed by atoms with E-state index in [1.807, 2.05) is 86.6 Å². The van der Waals surface area contributed by atoms with E-state index in [1.165, 1.54) is 41.4 Å². The van der Waals surface area contributed by atoms with Gasteiger partial charge in [0, 0.05) is 47.7 Å². The molecule has 13 nitrogen and oxygen atoms in total. The lowest BCUT2D eigenvalue weighted by Gasteiger charge is -2.16. The number of aryl methyl sites for hydroxylation is 3. The molecule has 0 aliphatic heterocycles. The van der Waals surface area contributed by atoms with Gasteiger partial charge in [-0.05, 0) is 52.8 Å². The van der Waals surface area contributed by atoms with Crippen LogP contribution in [-0.2, 0) is 13.1 Å². The van der Waals surface area contributed by atoms with Gasteiger partial charge in [-0.1, -0.05) is 84.4 Å². The number of carbonyl (C=O) groups is 2. The van der Waals surface area contributed by atoms with Gasteiger partial charge in [0.25, 0.3) is 16.8 Å². The van der Waals surface area contributed by atoms with Crippen LogP contribution in [-0.4, -0.2) is 36.1 Å². The number of nitro groups is 1. The third-order valence-electron chi connectivity index (χ3n) is 8.36. The number of non-ortho nitro benzene ring substituents is 1. The number of hydrogen-bond donors (Lipinski definition) is 2. The number of nitro benzene ring substituents is 1. The van der Waals surface area contributed by atoms with Crippen molar-refractivity contribution >= 4 is 40.0 Å². The van der Waals surface area contributed by atoms with Crippen LogP contribution in [0.15, 0.2) is 119 Å². The molecule has 0 saturated heterocycles. The van der Waals surface area contributed by atoms with Crippen LogP contribution in [0.2, 0.25) is 0 Å². The van der Waals surface area contributed by atoms with Gasteiger partial charge in [-0.3, -0.25) is 29.3 Å². The minimum Gasteiger partial charge on any atom is -0.350 e. The molecule has 2 heterocycles. The molecule has 0 amide bonds. The zero-order valence-electron chi connectivity index (χ0n) is 30.5. The Kier molecular flexibility index (Phi) is 12.0. The van der Waals surface area contributed by atoms with Crippen molar-refractivity contribution in [2.45, 2.75) is 47.7 Å². The molecule has 0 fully saturated rings.